The topological polar surface area (TPSA) is 47.6 Å². The number of benzene rings is 1. The smallest absolute Gasteiger partial charge is 0.253 e. The molecule has 1 amide bonds. The van der Waals surface area contributed by atoms with E-state index in [1.165, 1.54) is 5.56 Å². The number of hydrogen-bond donors (Lipinski definition) is 1. The average Bonchev–Trinajstić information content (AvgIpc) is 2.93. The van der Waals surface area contributed by atoms with E-state index in [1.54, 1.807) is 0 Å². The summed E-state index contributed by atoms with van der Waals surface area (Å²) >= 11 is 0. The molecule has 1 atom stereocenters. The highest BCUT2D eigenvalue weighted by Crippen LogP contribution is 2.33. The number of anilines is 1. The Morgan fingerprint density at radius 1 is 1.28 bits per heavy atom. The van der Waals surface area contributed by atoms with Gasteiger partial charge in [0, 0.05) is 6.61 Å². The molecule has 0 saturated carbocycles. The Morgan fingerprint density at radius 3 is 3.06 bits per heavy atom. The van der Waals surface area contributed by atoms with Gasteiger partial charge in [-0.05, 0) is 37.3 Å². The second kappa shape index (κ2) is 4.98. The highest BCUT2D eigenvalue weighted by Gasteiger charge is 2.25. The summed E-state index contributed by atoms with van der Waals surface area (Å²) in [5.74, 6) is 0.769. The Labute approximate surface area is 106 Å². The van der Waals surface area contributed by atoms with Gasteiger partial charge in [0.1, 0.15) is 11.9 Å². The SMILES string of the molecule is O=C(Nc1cccc2c1OCCC2)C1CCCO1. The fourth-order valence-electron chi connectivity index (χ4n) is 2.49. The average molecular weight is 247 g/mol. The van der Waals surface area contributed by atoms with Crippen molar-refractivity contribution in [3.05, 3.63) is 23.8 Å². The number of nitrogens with one attached hydrogen (secondary N) is 1. The van der Waals surface area contributed by atoms with Crippen LogP contribution in [-0.4, -0.2) is 25.2 Å². The summed E-state index contributed by atoms with van der Waals surface area (Å²) in [6.45, 7) is 1.40. The van der Waals surface area contributed by atoms with Gasteiger partial charge in [-0.3, -0.25) is 4.79 Å². The van der Waals surface area contributed by atoms with Gasteiger partial charge in [-0.1, -0.05) is 12.1 Å². The van der Waals surface area contributed by atoms with Gasteiger partial charge in [0.05, 0.1) is 12.3 Å². The lowest BCUT2D eigenvalue weighted by Gasteiger charge is -2.21. The van der Waals surface area contributed by atoms with E-state index < -0.39 is 0 Å². The molecule has 96 valence electrons. The molecule has 4 heteroatoms. The quantitative estimate of drug-likeness (QED) is 0.871. The Bertz CT molecular complexity index is 452. The van der Waals surface area contributed by atoms with Crippen molar-refractivity contribution >= 4 is 11.6 Å². The van der Waals surface area contributed by atoms with Crippen LogP contribution in [0.15, 0.2) is 18.2 Å². The molecule has 1 aromatic rings. The van der Waals surface area contributed by atoms with Gasteiger partial charge < -0.3 is 14.8 Å². The van der Waals surface area contributed by atoms with Gasteiger partial charge in [0.2, 0.25) is 0 Å². The van der Waals surface area contributed by atoms with Crippen molar-refractivity contribution in [1.29, 1.82) is 0 Å². The lowest BCUT2D eigenvalue weighted by atomic mass is 10.1. The largest absolute Gasteiger partial charge is 0.491 e. The lowest BCUT2D eigenvalue weighted by molar-refractivity contribution is -0.124. The van der Waals surface area contributed by atoms with E-state index in [-0.39, 0.29) is 12.0 Å². The molecule has 0 bridgehead atoms. The van der Waals surface area contributed by atoms with Gasteiger partial charge in [0.25, 0.3) is 5.91 Å². The molecule has 2 aliphatic rings. The molecule has 3 rings (SSSR count). The molecule has 2 heterocycles. The first kappa shape index (κ1) is 11.5. The number of fused-ring (bicyclic) bond motifs is 1. The Balaban J connectivity index is 1.77. The van der Waals surface area contributed by atoms with Gasteiger partial charge in [-0.15, -0.1) is 0 Å². The normalized spacial score (nSPS) is 22.1. The zero-order valence-electron chi connectivity index (χ0n) is 10.3. The maximum absolute atomic E-state index is 12.0. The fraction of sp³-hybridized carbons (Fsp3) is 0.500. The number of carbonyl (C=O) groups is 1. The molecule has 0 spiro atoms. The van der Waals surface area contributed by atoms with Crippen molar-refractivity contribution in [2.24, 2.45) is 0 Å². The predicted molar refractivity (Wildman–Crippen MR) is 67.9 cm³/mol. The molecule has 18 heavy (non-hydrogen) atoms. The van der Waals surface area contributed by atoms with Crippen LogP contribution in [0.25, 0.3) is 0 Å². The Kier molecular flexibility index (Phi) is 3.19. The van der Waals surface area contributed by atoms with Crippen molar-refractivity contribution < 1.29 is 14.3 Å². The molecule has 1 N–H and O–H groups in total. The van der Waals surface area contributed by atoms with Crippen molar-refractivity contribution in [2.75, 3.05) is 18.5 Å². The summed E-state index contributed by atoms with van der Waals surface area (Å²) in [6, 6.07) is 5.89. The van der Waals surface area contributed by atoms with E-state index >= 15 is 0 Å². The van der Waals surface area contributed by atoms with Crippen LogP contribution in [0.1, 0.15) is 24.8 Å². The third kappa shape index (κ3) is 2.20. The van der Waals surface area contributed by atoms with Crippen LogP contribution in [0.2, 0.25) is 0 Å². The highest BCUT2D eigenvalue weighted by molar-refractivity contribution is 5.95. The van der Waals surface area contributed by atoms with Gasteiger partial charge >= 0.3 is 0 Å². The first-order valence-corrected chi connectivity index (χ1v) is 6.52. The highest BCUT2D eigenvalue weighted by atomic mass is 16.5. The zero-order valence-corrected chi connectivity index (χ0v) is 10.3. The van der Waals surface area contributed by atoms with Crippen LogP contribution in [0.5, 0.6) is 5.75 Å². The van der Waals surface area contributed by atoms with Crippen LogP contribution >= 0.6 is 0 Å². The van der Waals surface area contributed by atoms with Crippen LogP contribution in [0.4, 0.5) is 5.69 Å². The molecular weight excluding hydrogens is 230 g/mol. The Morgan fingerprint density at radius 2 is 2.22 bits per heavy atom. The Hall–Kier alpha value is -1.55. The maximum Gasteiger partial charge on any atom is 0.253 e. The minimum atomic E-state index is -0.301. The molecule has 1 unspecified atom stereocenters. The molecule has 1 saturated heterocycles. The van der Waals surface area contributed by atoms with Crippen LogP contribution in [0.3, 0.4) is 0 Å². The lowest BCUT2D eigenvalue weighted by Crippen LogP contribution is -2.27. The van der Waals surface area contributed by atoms with E-state index in [0.29, 0.717) is 6.61 Å². The first-order valence-electron chi connectivity index (χ1n) is 6.52. The molecular formula is C14H17NO3. The van der Waals surface area contributed by atoms with E-state index in [1.807, 2.05) is 12.1 Å². The maximum atomic E-state index is 12.0. The molecule has 2 aliphatic heterocycles. The molecule has 0 radical (unpaired) electrons. The summed E-state index contributed by atoms with van der Waals surface area (Å²) < 4.78 is 11.0. The number of amides is 1. The number of hydrogen-bond acceptors (Lipinski definition) is 3. The van der Waals surface area contributed by atoms with Gasteiger partial charge in [0.15, 0.2) is 0 Å². The number of para-hydroxylation sites is 1. The minimum Gasteiger partial charge on any atom is -0.491 e. The van der Waals surface area contributed by atoms with Gasteiger partial charge in [-0.2, -0.15) is 0 Å². The van der Waals surface area contributed by atoms with E-state index in [0.717, 1.165) is 43.7 Å². The number of aryl methyl sites for hydroxylation is 1. The molecule has 0 aliphatic carbocycles. The monoisotopic (exact) mass is 247 g/mol. The van der Waals surface area contributed by atoms with Crippen LogP contribution in [0, 0.1) is 0 Å². The summed E-state index contributed by atoms with van der Waals surface area (Å²) in [6.07, 6.45) is 3.52. The van der Waals surface area contributed by atoms with Crippen molar-refractivity contribution in [1.82, 2.24) is 0 Å². The molecule has 1 aromatic carbocycles. The van der Waals surface area contributed by atoms with E-state index in [4.69, 9.17) is 9.47 Å². The predicted octanol–water partition coefficient (Wildman–Crippen LogP) is 2.13. The van der Waals surface area contributed by atoms with E-state index in [2.05, 4.69) is 11.4 Å². The minimum absolute atomic E-state index is 0.0601. The third-order valence-electron chi connectivity index (χ3n) is 3.41. The van der Waals surface area contributed by atoms with Crippen LogP contribution < -0.4 is 10.1 Å². The second-order valence-electron chi connectivity index (χ2n) is 4.74. The summed E-state index contributed by atoms with van der Waals surface area (Å²) in [7, 11) is 0. The van der Waals surface area contributed by atoms with Crippen molar-refractivity contribution in [3.63, 3.8) is 0 Å². The standard InChI is InChI=1S/C14H17NO3/c16-14(12-7-3-8-17-12)15-11-6-1-4-10-5-2-9-18-13(10)11/h1,4,6,12H,2-3,5,7-9H2,(H,15,16). The van der Waals surface area contributed by atoms with Crippen LogP contribution in [-0.2, 0) is 16.0 Å². The zero-order chi connectivity index (χ0) is 12.4. The number of carbonyl (C=O) groups excluding carboxylic acids is 1. The third-order valence-corrected chi connectivity index (χ3v) is 3.41. The van der Waals surface area contributed by atoms with Crippen molar-refractivity contribution in [3.8, 4) is 5.75 Å². The summed E-state index contributed by atoms with van der Waals surface area (Å²) in [5, 5.41) is 2.92. The van der Waals surface area contributed by atoms with Gasteiger partial charge in [-0.25, -0.2) is 0 Å². The number of ether oxygens (including phenoxy) is 2. The fourth-order valence-corrected chi connectivity index (χ4v) is 2.49. The van der Waals surface area contributed by atoms with E-state index in [9.17, 15) is 4.79 Å². The summed E-state index contributed by atoms with van der Waals surface area (Å²) in [5.41, 5.74) is 1.94. The molecule has 0 aromatic heterocycles. The second-order valence-corrected chi connectivity index (χ2v) is 4.74. The molecule has 4 nitrogen and oxygen atoms in total. The van der Waals surface area contributed by atoms with Crippen molar-refractivity contribution in [2.45, 2.75) is 31.8 Å². The number of rotatable bonds is 2. The molecule has 1 fully saturated rings. The first-order chi connectivity index (χ1) is 8.84. The summed E-state index contributed by atoms with van der Waals surface area (Å²) in [4.78, 5) is 12.0.